The molecule has 0 aromatic heterocycles. The smallest absolute Gasteiger partial charge is 1.00 e. The van der Waals surface area contributed by atoms with Crippen LogP contribution in [0.2, 0.25) is 0 Å². The number of hydrogen-bond acceptors (Lipinski definition) is 0. The van der Waals surface area contributed by atoms with Crippen molar-refractivity contribution in [3.8, 4) is 0 Å². The SMILES string of the molecule is CCCCC1=CCC(c2cccc3c2[cH-]c2ccccc23)=C1.[Cl-].[Cl-].[Zr+3]. The molecule has 0 bridgehead atoms. The number of benzene rings is 2. The Bertz CT molecular complexity index is 903. The van der Waals surface area contributed by atoms with Gasteiger partial charge in [-0.25, -0.2) is 0 Å². The summed E-state index contributed by atoms with van der Waals surface area (Å²) in [6.45, 7) is 2.26. The third kappa shape index (κ3) is 4.33. The number of fused-ring (bicyclic) bond motifs is 3. The van der Waals surface area contributed by atoms with Crippen molar-refractivity contribution in [3.63, 3.8) is 0 Å². The summed E-state index contributed by atoms with van der Waals surface area (Å²) in [4.78, 5) is 0. The zero-order valence-electron chi connectivity index (χ0n) is 14.4. The first-order chi connectivity index (χ1) is 10.9. The summed E-state index contributed by atoms with van der Waals surface area (Å²) < 4.78 is 0. The molecule has 3 aromatic rings. The number of rotatable bonds is 4. The second-order valence-electron chi connectivity index (χ2n) is 6.25. The molecule has 0 saturated carbocycles. The average Bonchev–Trinajstić information content (AvgIpc) is 3.17. The fraction of sp³-hybridized carbons (Fsp3) is 0.227. The van der Waals surface area contributed by atoms with Gasteiger partial charge in [0.25, 0.3) is 0 Å². The van der Waals surface area contributed by atoms with Crippen molar-refractivity contribution in [2.24, 2.45) is 0 Å². The Kier molecular flexibility index (Phi) is 8.75. The van der Waals surface area contributed by atoms with Gasteiger partial charge in [0.15, 0.2) is 0 Å². The Morgan fingerprint density at radius 1 is 0.960 bits per heavy atom. The van der Waals surface area contributed by atoms with Gasteiger partial charge in [0.1, 0.15) is 0 Å². The van der Waals surface area contributed by atoms with Crippen LogP contribution in [0.25, 0.3) is 27.1 Å². The van der Waals surface area contributed by atoms with Gasteiger partial charge in [-0.05, 0) is 19.3 Å². The van der Waals surface area contributed by atoms with Crippen LogP contribution in [-0.2, 0) is 26.2 Å². The maximum Gasteiger partial charge on any atom is 3.00 e. The quantitative estimate of drug-likeness (QED) is 0.515. The minimum atomic E-state index is 0. The van der Waals surface area contributed by atoms with E-state index in [4.69, 9.17) is 0 Å². The van der Waals surface area contributed by atoms with E-state index in [0.29, 0.717) is 0 Å². The monoisotopic (exact) mass is 445 g/mol. The van der Waals surface area contributed by atoms with Gasteiger partial charge in [-0.3, -0.25) is 0 Å². The zero-order chi connectivity index (χ0) is 14.9. The van der Waals surface area contributed by atoms with Crippen LogP contribution in [0.3, 0.4) is 0 Å². The average molecular weight is 448 g/mol. The Balaban J connectivity index is 0.00000104. The van der Waals surface area contributed by atoms with Crippen LogP contribution in [0.15, 0.2) is 66.3 Å². The minimum absolute atomic E-state index is 0. The Morgan fingerprint density at radius 3 is 2.52 bits per heavy atom. The second-order valence-corrected chi connectivity index (χ2v) is 6.25. The first kappa shape index (κ1) is 22.3. The minimum Gasteiger partial charge on any atom is -1.00 e. The van der Waals surface area contributed by atoms with E-state index in [9.17, 15) is 0 Å². The summed E-state index contributed by atoms with van der Waals surface area (Å²) in [7, 11) is 0. The Labute approximate surface area is 181 Å². The molecule has 3 aromatic carbocycles. The molecule has 0 atom stereocenters. The molecule has 1 aliphatic rings. The van der Waals surface area contributed by atoms with E-state index in [2.05, 4.69) is 67.6 Å². The third-order valence-corrected chi connectivity index (χ3v) is 4.77. The summed E-state index contributed by atoms with van der Waals surface area (Å²) in [5, 5.41) is 5.51. The molecule has 0 saturated heterocycles. The molecule has 0 heterocycles. The van der Waals surface area contributed by atoms with Crippen molar-refractivity contribution >= 4 is 27.1 Å². The molecule has 0 fully saturated rings. The van der Waals surface area contributed by atoms with Crippen molar-refractivity contribution in [1.82, 2.24) is 0 Å². The Hall–Kier alpha value is -0.747. The molecular formula is C22H21Cl2Zr. The van der Waals surface area contributed by atoms with Crippen LogP contribution < -0.4 is 24.8 Å². The van der Waals surface area contributed by atoms with E-state index in [1.165, 1.54) is 57.5 Å². The van der Waals surface area contributed by atoms with Crippen LogP contribution in [0.1, 0.15) is 38.2 Å². The molecule has 127 valence electrons. The topological polar surface area (TPSA) is 0 Å². The summed E-state index contributed by atoms with van der Waals surface area (Å²) >= 11 is 0. The van der Waals surface area contributed by atoms with Crippen molar-refractivity contribution in [3.05, 3.63) is 71.8 Å². The first-order valence-corrected chi connectivity index (χ1v) is 8.34. The van der Waals surface area contributed by atoms with Gasteiger partial charge in [0.05, 0.1) is 0 Å². The molecule has 0 N–H and O–H groups in total. The van der Waals surface area contributed by atoms with Crippen LogP contribution in [0.5, 0.6) is 0 Å². The van der Waals surface area contributed by atoms with Gasteiger partial charge in [0.2, 0.25) is 0 Å². The molecule has 0 aliphatic heterocycles. The maximum absolute atomic E-state index is 2.42. The van der Waals surface area contributed by atoms with Crippen LogP contribution in [0.4, 0.5) is 0 Å². The summed E-state index contributed by atoms with van der Waals surface area (Å²) in [6, 6.07) is 17.8. The molecule has 3 heteroatoms. The van der Waals surface area contributed by atoms with Crippen molar-refractivity contribution in [2.75, 3.05) is 0 Å². The Morgan fingerprint density at radius 2 is 1.72 bits per heavy atom. The largest absolute Gasteiger partial charge is 3.00 e. The summed E-state index contributed by atoms with van der Waals surface area (Å²) in [6.07, 6.45) is 9.69. The first-order valence-electron chi connectivity index (χ1n) is 8.34. The fourth-order valence-electron chi connectivity index (χ4n) is 3.58. The third-order valence-electron chi connectivity index (χ3n) is 4.77. The van der Waals surface area contributed by atoms with Gasteiger partial charge in [0, 0.05) is 0 Å². The molecule has 0 spiro atoms. The molecule has 0 nitrogen and oxygen atoms in total. The standard InChI is InChI=1S/C22H21.2ClH.Zr/c1-2-3-7-16-12-13-18(14-16)20-10-6-11-21-19-9-5-4-8-17(19)15-22(20)21;;;/h4-6,8-12,14-15H,2-3,7,13H2,1H3;2*1H;/q-1;;;+3/p-2. The molecule has 1 radical (unpaired) electrons. The number of halogens is 2. The summed E-state index contributed by atoms with van der Waals surface area (Å²) in [5.74, 6) is 0. The van der Waals surface area contributed by atoms with E-state index in [1.807, 2.05) is 0 Å². The van der Waals surface area contributed by atoms with E-state index < -0.39 is 0 Å². The number of unbranched alkanes of at least 4 members (excludes halogenated alkanes) is 1. The molecule has 0 unspecified atom stereocenters. The second kappa shape index (κ2) is 9.81. The van der Waals surface area contributed by atoms with Gasteiger partial charge >= 0.3 is 26.2 Å². The van der Waals surface area contributed by atoms with Gasteiger partial charge in [-0.15, -0.1) is 33.7 Å². The van der Waals surface area contributed by atoms with E-state index in [1.54, 1.807) is 0 Å². The van der Waals surface area contributed by atoms with Crippen molar-refractivity contribution in [1.29, 1.82) is 0 Å². The maximum atomic E-state index is 2.42. The van der Waals surface area contributed by atoms with Gasteiger partial charge < -0.3 is 24.8 Å². The fourth-order valence-corrected chi connectivity index (χ4v) is 3.58. The van der Waals surface area contributed by atoms with Crippen LogP contribution in [0, 0.1) is 0 Å². The predicted octanol–water partition coefficient (Wildman–Crippen LogP) is 0.621. The molecule has 25 heavy (non-hydrogen) atoms. The van der Waals surface area contributed by atoms with E-state index in [0.717, 1.165) is 6.42 Å². The van der Waals surface area contributed by atoms with Crippen LogP contribution in [-0.4, -0.2) is 0 Å². The predicted molar refractivity (Wildman–Crippen MR) is 97.2 cm³/mol. The van der Waals surface area contributed by atoms with Crippen molar-refractivity contribution in [2.45, 2.75) is 32.6 Å². The van der Waals surface area contributed by atoms with Gasteiger partial charge in [-0.1, -0.05) is 78.6 Å². The number of allylic oxidation sites excluding steroid dienone is 4. The number of hydrogen-bond donors (Lipinski definition) is 0. The zero-order valence-corrected chi connectivity index (χ0v) is 18.3. The molecular weight excluding hydrogens is 426 g/mol. The molecule has 1 aliphatic carbocycles. The van der Waals surface area contributed by atoms with Crippen molar-refractivity contribution < 1.29 is 51.0 Å². The summed E-state index contributed by atoms with van der Waals surface area (Å²) in [5.41, 5.74) is 4.41. The normalized spacial score (nSPS) is 12.8. The molecule has 0 amide bonds. The molecule has 4 rings (SSSR count). The van der Waals surface area contributed by atoms with Gasteiger partial charge in [-0.2, -0.15) is 0 Å². The van der Waals surface area contributed by atoms with E-state index in [-0.39, 0.29) is 51.0 Å². The van der Waals surface area contributed by atoms with Crippen LogP contribution >= 0.6 is 0 Å². The van der Waals surface area contributed by atoms with E-state index >= 15 is 0 Å².